The van der Waals surface area contributed by atoms with E-state index in [1.54, 1.807) is 11.3 Å². The van der Waals surface area contributed by atoms with Crippen LogP contribution in [0.2, 0.25) is 0 Å². The molecule has 4 nitrogen and oxygen atoms in total. The molecule has 3 atom stereocenters. The number of nitrogens with one attached hydrogen (secondary N) is 2. The third kappa shape index (κ3) is 2.18. The fourth-order valence-corrected chi connectivity index (χ4v) is 5.32. The minimum Gasteiger partial charge on any atom is -0.377 e. The Labute approximate surface area is 129 Å². The van der Waals surface area contributed by atoms with Crippen molar-refractivity contribution in [2.75, 3.05) is 6.61 Å². The summed E-state index contributed by atoms with van der Waals surface area (Å²) in [5.41, 5.74) is 0.238. The first-order chi connectivity index (χ1) is 10.3. The first kappa shape index (κ1) is 13.6. The van der Waals surface area contributed by atoms with Crippen molar-refractivity contribution in [2.45, 2.75) is 50.8 Å². The Morgan fingerprint density at radius 3 is 3.05 bits per heavy atom. The largest absolute Gasteiger partial charge is 0.377 e. The van der Waals surface area contributed by atoms with Crippen LogP contribution in [0.5, 0.6) is 0 Å². The molecule has 0 unspecified atom stereocenters. The summed E-state index contributed by atoms with van der Waals surface area (Å²) in [6.45, 7) is 1.49. The van der Waals surface area contributed by atoms with Gasteiger partial charge >= 0.3 is 6.03 Å². The number of hydrogen-bond donors (Lipinski definition) is 2. The molecule has 2 saturated carbocycles. The fraction of sp³-hybridized carbons (Fsp3) is 0.688. The van der Waals surface area contributed by atoms with Crippen LogP contribution in [-0.4, -0.2) is 24.8 Å². The van der Waals surface area contributed by atoms with Crippen LogP contribution in [-0.2, 0) is 11.3 Å². The minimum absolute atomic E-state index is 0.0231. The van der Waals surface area contributed by atoms with Crippen molar-refractivity contribution < 1.29 is 9.53 Å². The molecule has 1 aliphatic heterocycles. The molecule has 1 aromatic heterocycles. The molecule has 4 rings (SSSR count). The van der Waals surface area contributed by atoms with Gasteiger partial charge in [-0.3, -0.25) is 0 Å². The minimum atomic E-state index is -0.0231. The highest BCUT2D eigenvalue weighted by Gasteiger charge is 2.65. The number of thiophene rings is 1. The zero-order chi connectivity index (χ0) is 14.3. The summed E-state index contributed by atoms with van der Waals surface area (Å²) in [4.78, 5) is 13.4. The van der Waals surface area contributed by atoms with E-state index in [1.807, 2.05) is 17.5 Å². The first-order valence-electron chi connectivity index (χ1n) is 7.98. The monoisotopic (exact) mass is 306 g/mol. The highest BCUT2D eigenvalue weighted by Crippen LogP contribution is 2.60. The number of urea groups is 1. The molecule has 21 heavy (non-hydrogen) atoms. The van der Waals surface area contributed by atoms with Crippen molar-refractivity contribution in [3.63, 3.8) is 0 Å². The van der Waals surface area contributed by atoms with Gasteiger partial charge in [0.05, 0.1) is 12.6 Å². The summed E-state index contributed by atoms with van der Waals surface area (Å²) in [6.07, 6.45) is 6.49. The first-order valence-corrected chi connectivity index (χ1v) is 8.86. The van der Waals surface area contributed by atoms with Crippen molar-refractivity contribution in [2.24, 2.45) is 11.3 Å². The summed E-state index contributed by atoms with van der Waals surface area (Å²) in [7, 11) is 0. The highest BCUT2D eigenvalue weighted by atomic mass is 32.1. The Balaban J connectivity index is 1.38. The molecule has 3 aliphatic rings. The van der Waals surface area contributed by atoms with Crippen molar-refractivity contribution >= 4 is 17.4 Å². The maximum absolute atomic E-state index is 12.2. The number of ether oxygens (including phenoxy) is 1. The van der Waals surface area contributed by atoms with Crippen LogP contribution in [0.4, 0.5) is 4.79 Å². The normalized spacial score (nSPS) is 32.7. The summed E-state index contributed by atoms with van der Waals surface area (Å²) < 4.78 is 5.95. The van der Waals surface area contributed by atoms with Crippen molar-refractivity contribution in [1.82, 2.24) is 10.6 Å². The van der Waals surface area contributed by atoms with Gasteiger partial charge in [0.15, 0.2) is 0 Å². The lowest BCUT2D eigenvalue weighted by molar-refractivity contribution is -0.126. The molecule has 1 aromatic rings. The molecule has 2 N–H and O–H groups in total. The Morgan fingerprint density at radius 2 is 2.29 bits per heavy atom. The van der Waals surface area contributed by atoms with E-state index in [0.29, 0.717) is 24.6 Å². The van der Waals surface area contributed by atoms with Gasteiger partial charge < -0.3 is 15.4 Å². The average Bonchev–Trinajstić information content (AvgIpc) is 3.22. The Bertz CT molecular complexity index is 510. The number of hydrogen-bond acceptors (Lipinski definition) is 3. The van der Waals surface area contributed by atoms with Crippen LogP contribution in [0.25, 0.3) is 0 Å². The lowest BCUT2D eigenvalue weighted by atomic mass is 9.54. The van der Waals surface area contributed by atoms with Crippen LogP contribution < -0.4 is 10.6 Å². The van der Waals surface area contributed by atoms with E-state index < -0.39 is 0 Å². The molecular weight excluding hydrogens is 284 g/mol. The Hall–Kier alpha value is -1.07. The molecule has 5 heteroatoms. The molecule has 0 radical (unpaired) electrons. The predicted octanol–water partition coefficient (Wildman–Crippen LogP) is 2.90. The zero-order valence-electron chi connectivity index (χ0n) is 12.1. The van der Waals surface area contributed by atoms with Crippen LogP contribution in [0.1, 0.15) is 37.0 Å². The van der Waals surface area contributed by atoms with Gasteiger partial charge in [-0.25, -0.2) is 4.79 Å². The molecule has 0 bridgehead atoms. The van der Waals surface area contributed by atoms with Crippen LogP contribution >= 0.6 is 11.3 Å². The van der Waals surface area contributed by atoms with E-state index in [0.717, 1.165) is 13.0 Å². The summed E-state index contributed by atoms with van der Waals surface area (Å²) in [5.74, 6) is 0.538. The molecule has 0 aromatic carbocycles. The number of fused-ring (bicyclic) bond motifs is 2. The van der Waals surface area contributed by atoms with E-state index in [1.165, 1.54) is 30.6 Å². The van der Waals surface area contributed by atoms with E-state index in [2.05, 4.69) is 10.6 Å². The van der Waals surface area contributed by atoms with Gasteiger partial charge in [0.2, 0.25) is 0 Å². The third-order valence-corrected chi connectivity index (χ3v) is 6.45. The molecule has 1 saturated heterocycles. The number of carbonyl (C=O) groups excluding carboxylic acids is 1. The van der Waals surface area contributed by atoms with Crippen LogP contribution in [0.3, 0.4) is 0 Å². The van der Waals surface area contributed by atoms with Gasteiger partial charge in [-0.05, 0) is 30.7 Å². The molecule has 2 amide bonds. The van der Waals surface area contributed by atoms with Gasteiger partial charge in [0.1, 0.15) is 0 Å². The second-order valence-corrected chi connectivity index (χ2v) is 7.60. The molecule has 2 heterocycles. The number of amides is 2. The van der Waals surface area contributed by atoms with Crippen LogP contribution in [0.15, 0.2) is 17.5 Å². The molecule has 2 aliphatic carbocycles. The molecule has 114 valence electrons. The SMILES string of the molecule is O=C(NCc1cccs1)N[C@@H]1[C@@H]2CCO[C@H]2C12CCCC2. The van der Waals surface area contributed by atoms with E-state index in [4.69, 9.17) is 4.74 Å². The zero-order valence-corrected chi connectivity index (χ0v) is 13.0. The van der Waals surface area contributed by atoms with Gasteiger partial charge in [-0.2, -0.15) is 0 Å². The van der Waals surface area contributed by atoms with Crippen molar-refractivity contribution in [3.05, 3.63) is 22.4 Å². The van der Waals surface area contributed by atoms with Gasteiger partial charge in [0, 0.05) is 28.9 Å². The van der Waals surface area contributed by atoms with E-state index >= 15 is 0 Å². The van der Waals surface area contributed by atoms with Gasteiger partial charge in [-0.15, -0.1) is 11.3 Å². The quantitative estimate of drug-likeness (QED) is 0.902. The standard InChI is InChI=1S/C16H22N2O2S/c19-15(17-10-11-4-3-9-21-11)18-13-12-5-8-20-14(12)16(13)6-1-2-7-16/h3-4,9,12-14H,1-2,5-8,10H2,(H2,17,18,19)/t12-,13+,14+/m0/s1. The lowest BCUT2D eigenvalue weighted by Gasteiger charge is -2.56. The Morgan fingerprint density at radius 1 is 1.43 bits per heavy atom. The second-order valence-electron chi connectivity index (χ2n) is 6.57. The molecule has 3 fully saturated rings. The fourth-order valence-electron chi connectivity index (χ4n) is 4.68. The smallest absolute Gasteiger partial charge is 0.315 e. The summed E-state index contributed by atoms with van der Waals surface area (Å²) in [6, 6.07) is 4.36. The maximum atomic E-state index is 12.2. The average molecular weight is 306 g/mol. The second kappa shape index (κ2) is 5.29. The number of carbonyl (C=O) groups is 1. The summed E-state index contributed by atoms with van der Waals surface area (Å²) >= 11 is 1.68. The lowest BCUT2D eigenvalue weighted by Crippen LogP contribution is -2.69. The van der Waals surface area contributed by atoms with Gasteiger partial charge in [0.25, 0.3) is 0 Å². The van der Waals surface area contributed by atoms with E-state index in [9.17, 15) is 4.79 Å². The highest BCUT2D eigenvalue weighted by molar-refractivity contribution is 7.09. The maximum Gasteiger partial charge on any atom is 0.315 e. The van der Waals surface area contributed by atoms with Crippen molar-refractivity contribution in [3.8, 4) is 0 Å². The third-order valence-electron chi connectivity index (χ3n) is 5.58. The van der Waals surface area contributed by atoms with E-state index in [-0.39, 0.29) is 11.4 Å². The molecule has 1 spiro atoms. The molecular formula is C16H22N2O2S. The number of rotatable bonds is 3. The summed E-state index contributed by atoms with van der Waals surface area (Å²) in [5, 5.41) is 8.28. The van der Waals surface area contributed by atoms with Crippen LogP contribution in [0, 0.1) is 11.3 Å². The predicted molar refractivity (Wildman–Crippen MR) is 82.2 cm³/mol. The van der Waals surface area contributed by atoms with Crippen molar-refractivity contribution in [1.29, 1.82) is 0 Å². The van der Waals surface area contributed by atoms with Gasteiger partial charge in [-0.1, -0.05) is 18.9 Å². The Kier molecular flexibility index (Phi) is 3.42. The topological polar surface area (TPSA) is 50.4 Å².